The highest BCUT2D eigenvalue weighted by molar-refractivity contribution is 7.91. The standard InChI is InChI=1S/C36H54N6O7S/c1-8-15-24(28(43)31(45)38-19-9-2)39-30(44)27-26-23(35(26,6)7)21-42(27)32(46)29(34(3,4)5)40-33(47)41-36(17-12-10-13-18-36)22-50(48,49)25-16-11-14-20-37-25/h9,11,14,16,20,23-24,26-27,29H,2,8,10,12-13,15,17-19,21-22H2,1,3-7H3,(H,38,45)(H,39,44)(H2,40,41,47)/t23?,24?,26?,27?,29-/m1/s1. The first-order valence-corrected chi connectivity index (χ1v) is 19.3. The molecule has 0 radical (unpaired) electrons. The largest absolute Gasteiger partial charge is 0.346 e. The molecule has 4 rings (SSSR count). The summed E-state index contributed by atoms with van der Waals surface area (Å²) in [6, 6.07) is 0.974. The third-order valence-corrected chi connectivity index (χ3v) is 12.4. The summed E-state index contributed by atoms with van der Waals surface area (Å²) in [5.41, 5.74) is -2.06. The van der Waals surface area contributed by atoms with E-state index in [0.717, 1.165) is 19.3 Å². The van der Waals surface area contributed by atoms with Gasteiger partial charge >= 0.3 is 6.03 Å². The maximum absolute atomic E-state index is 14.4. The van der Waals surface area contributed by atoms with Crippen LogP contribution in [-0.4, -0.2) is 90.3 Å². The van der Waals surface area contributed by atoms with E-state index < -0.39 is 68.5 Å². The molecule has 2 saturated carbocycles. The third-order valence-electron chi connectivity index (χ3n) is 10.6. The minimum absolute atomic E-state index is 0.0372. The number of amides is 5. The van der Waals surface area contributed by atoms with Crippen LogP contribution in [0.15, 0.2) is 42.1 Å². The van der Waals surface area contributed by atoms with Gasteiger partial charge < -0.3 is 26.2 Å². The van der Waals surface area contributed by atoms with Gasteiger partial charge in [0.1, 0.15) is 12.1 Å². The number of fused-ring (bicyclic) bond motifs is 1. The zero-order valence-corrected chi connectivity index (χ0v) is 31.0. The second-order valence-electron chi connectivity index (χ2n) is 15.8. The van der Waals surface area contributed by atoms with E-state index >= 15 is 0 Å². The minimum atomic E-state index is -3.84. The normalized spacial score (nSPS) is 23.4. The van der Waals surface area contributed by atoms with Crippen molar-refractivity contribution in [3.05, 3.63) is 37.1 Å². The highest BCUT2D eigenvalue weighted by atomic mass is 32.2. The number of carbonyl (C=O) groups excluding carboxylic acids is 5. The summed E-state index contributed by atoms with van der Waals surface area (Å²) in [5, 5.41) is 11.0. The lowest BCUT2D eigenvalue weighted by molar-refractivity contribution is -0.145. The molecule has 1 aliphatic heterocycles. The van der Waals surface area contributed by atoms with Crippen molar-refractivity contribution in [1.29, 1.82) is 0 Å². The topological polar surface area (TPSA) is 184 Å². The Morgan fingerprint density at radius 3 is 2.34 bits per heavy atom. The lowest BCUT2D eigenvalue weighted by Gasteiger charge is -2.40. The molecule has 3 fully saturated rings. The van der Waals surface area contributed by atoms with Gasteiger partial charge in [0, 0.05) is 19.3 Å². The molecule has 1 aromatic rings. The number of likely N-dealkylation sites (tertiary alicyclic amines) is 1. The van der Waals surface area contributed by atoms with Crippen LogP contribution in [0.5, 0.6) is 0 Å². The molecule has 50 heavy (non-hydrogen) atoms. The smallest absolute Gasteiger partial charge is 0.315 e. The average Bonchev–Trinajstić information content (AvgIpc) is 3.36. The third kappa shape index (κ3) is 8.55. The Kier molecular flexibility index (Phi) is 11.9. The first kappa shape index (κ1) is 39.0. The second-order valence-corrected chi connectivity index (χ2v) is 17.7. The summed E-state index contributed by atoms with van der Waals surface area (Å²) in [5.74, 6) is -3.01. The van der Waals surface area contributed by atoms with Crippen LogP contribution in [0.25, 0.3) is 0 Å². The van der Waals surface area contributed by atoms with Gasteiger partial charge in [-0.1, -0.05) is 79.4 Å². The van der Waals surface area contributed by atoms with Crippen LogP contribution >= 0.6 is 0 Å². The van der Waals surface area contributed by atoms with Crippen LogP contribution in [0.4, 0.5) is 4.79 Å². The SMILES string of the molecule is C=CCNC(=O)C(=O)C(CCC)NC(=O)C1C2C(CN1C(=O)[C@@H](NC(=O)NC1(CS(=O)(=O)c3ccccn3)CCCCC1)C(C)(C)C)C2(C)C. The Bertz CT molecular complexity index is 1570. The van der Waals surface area contributed by atoms with Crippen LogP contribution < -0.4 is 21.3 Å². The van der Waals surface area contributed by atoms with Crippen LogP contribution in [0.2, 0.25) is 0 Å². The molecule has 1 saturated heterocycles. The number of piperidine rings is 1. The number of sulfone groups is 1. The maximum Gasteiger partial charge on any atom is 0.315 e. The van der Waals surface area contributed by atoms with Crippen molar-refractivity contribution in [2.75, 3.05) is 18.8 Å². The van der Waals surface area contributed by atoms with Gasteiger partial charge in [-0.05, 0) is 54.1 Å². The fourth-order valence-electron chi connectivity index (χ4n) is 7.76. The first-order chi connectivity index (χ1) is 23.4. The number of hydrogen-bond donors (Lipinski definition) is 4. The van der Waals surface area contributed by atoms with Gasteiger partial charge in [-0.3, -0.25) is 19.2 Å². The summed E-state index contributed by atoms with van der Waals surface area (Å²) in [6.45, 7) is 15.3. The zero-order chi connectivity index (χ0) is 37.1. The van der Waals surface area contributed by atoms with Crippen LogP contribution in [0.1, 0.15) is 86.5 Å². The van der Waals surface area contributed by atoms with E-state index in [4.69, 9.17) is 0 Å². The highest BCUT2D eigenvalue weighted by Crippen LogP contribution is 2.65. The van der Waals surface area contributed by atoms with Crippen molar-refractivity contribution in [2.45, 2.75) is 115 Å². The number of nitrogens with one attached hydrogen (secondary N) is 4. The van der Waals surface area contributed by atoms with Gasteiger partial charge in [0.2, 0.25) is 17.6 Å². The van der Waals surface area contributed by atoms with E-state index in [0.29, 0.717) is 25.8 Å². The average molecular weight is 715 g/mol. The summed E-state index contributed by atoms with van der Waals surface area (Å²) in [6.07, 6.45) is 6.95. The number of urea groups is 1. The molecule has 5 amide bonds. The first-order valence-electron chi connectivity index (χ1n) is 17.6. The Morgan fingerprint density at radius 2 is 1.76 bits per heavy atom. The van der Waals surface area contributed by atoms with Crippen LogP contribution in [0.3, 0.4) is 0 Å². The zero-order valence-electron chi connectivity index (χ0n) is 30.2. The molecule has 276 valence electrons. The molecule has 0 aromatic carbocycles. The van der Waals surface area contributed by atoms with Crippen LogP contribution in [-0.2, 0) is 29.0 Å². The molecular weight excluding hydrogens is 660 g/mol. The van der Waals surface area contributed by atoms with Gasteiger partial charge in [0.05, 0.1) is 17.3 Å². The van der Waals surface area contributed by atoms with E-state index in [1.54, 1.807) is 12.1 Å². The molecule has 4 N–H and O–H groups in total. The summed E-state index contributed by atoms with van der Waals surface area (Å²) in [7, 11) is -3.84. The van der Waals surface area contributed by atoms with Crippen molar-refractivity contribution >= 4 is 39.4 Å². The number of aromatic nitrogens is 1. The van der Waals surface area contributed by atoms with Gasteiger partial charge in [-0.25, -0.2) is 18.2 Å². The highest BCUT2D eigenvalue weighted by Gasteiger charge is 2.70. The number of carbonyl (C=O) groups is 5. The molecule has 14 heteroatoms. The van der Waals surface area contributed by atoms with Crippen molar-refractivity contribution in [2.24, 2.45) is 22.7 Å². The van der Waals surface area contributed by atoms with Gasteiger partial charge in [-0.2, -0.15) is 0 Å². The van der Waals surface area contributed by atoms with Crippen molar-refractivity contribution in [3.63, 3.8) is 0 Å². The van der Waals surface area contributed by atoms with Crippen molar-refractivity contribution in [1.82, 2.24) is 31.2 Å². The molecule has 5 atom stereocenters. The number of Topliss-reactive ketones (excluding diaryl/α,β-unsaturated/α-hetero) is 1. The number of rotatable bonds is 14. The number of hydrogen-bond acceptors (Lipinski definition) is 8. The lowest BCUT2D eigenvalue weighted by atomic mass is 9.83. The monoisotopic (exact) mass is 714 g/mol. The number of nitrogens with zero attached hydrogens (tertiary/aromatic N) is 2. The molecule has 2 heterocycles. The Labute approximate surface area is 296 Å². The predicted octanol–water partition coefficient (Wildman–Crippen LogP) is 2.91. The van der Waals surface area contributed by atoms with E-state index in [1.165, 1.54) is 23.2 Å². The molecule has 4 unspecified atom stereocenters. The predicted molar refractivity (Wildman–Crippen MR) is 188 cm³/mol. The minimum Gasteiger partial charge on any atom is -0.346 e. The Balaban J connectivity index is 1.55. The second kappa shape index (κ2) is 15.2. The Morgan fingerprint density at radius 1 is 1.08 bits per heavy atom. The fraction of sp³-hybridized carbons (Fsp3) is 0.667. The summed E-state index contributed by atoms with van der Waals surface area (Å²) in [4.78, 5) is 73.2. The molecular formula is C36H54N6O7S. The quantitative estimate of drug-likeness (QED) is 0.168. The van der Waals surface area contributed by atoms with E-state index in [1.807, 2.05) is 41.5 Å². The van der Waals surface area contributed by atoms with E-state index in [-0.39, 0.29) is 41.0 Å². The number of ketones is 1. The van der Waals surface area contributed by atoms with Gasteiger partial charge in [0.25, 0.3) is 5.91 Å². The van der Waals surface area contributed by atoms with Crippen molar-refractivity contribution in [3.8, 4) is 0 Å². The molecule has 0 spiro atoms. The lowest BCUT2D eigenvalue weighted by Crippen LogP contribution is -2.63. The molecule has 3 aliphatic rings. The summed E-state index contributed by atoms with van der Waals surface area (Å²) < 4.78 is 26.8. The van der Waals surface area contributed by atoms with Crippen LogP contribution in [0, 0.1) is 22.7 Å². The molecule has 1 aromatic heterocycles. The Hall–Kier alpha value is -3.81. The fourth-order valence-corrected chi connectivity index (χ4v) is 9.51. The maximum atomic E-state index is 14.4. The molecule has 2 aliphatic carbocycles. The summed E-state index contributed by atoms with van der Waals surface area (Å²) >= 11 is 0. The van der Waals surface area contributed by atoms with Crippen molar-refractivity contribution < 1.29 is 32.4 Å². The molecule has 13 nitrogen and oxygen atoms in total. The van der Waals surface area contributed by atoms with Gasteiger partial charge in [0.15, 0.2) is 14.9 Å². The molecule has 0 bridgehead atoms. The van der Waals surface area contributed by atoms with Gasteiger partial charge in [-0.15, -0.1) is 6.58 Å². The van der Waals surface area contributed by atoms with E-state index in [9.17, 15) is 32.4 Å². The number of pyridine rings is 1. The van der Waals surface area contributed by atoms with E-state index in [2.05, 4.69) is 32.8 Å².